The minimum Gasteiger partial charge on any atom is -0.490 e. The van der Waals surface area contributed by atoms with Crippen LogP contribution in [0.15, 0.2) is 67.1 Å². The van der Waals surface area contributed by atoms with Gasteiger partial charge < -0.3 is 25.5 Å². The van der Waals surface area contributed by atoms with Gasteiger partial charge in [0.05, 0.1) is 17.8 Å². The van der Waals surface area contributed by atoms with Crippen molar-refractivity contribution >= 4 is 33.7 Å². The van der Waals surface area contributed by atoms with Crippen LogP contribution >= 0.6 is 0 Å². The van der Waals surface area contributed by atoms with Crippen molar-refractivity contribution in [2.75, 3.05) is 12.3 Å². The molecule has 5 aromatic rings. The monoisotopic (exact) mass is 498 g/mol. The lowest BCUT2D eigenvalue weighted by molar-refractivity contribution is 0.0488. The van der Waals surface area contributed by atoms with Gasteiger partial charge in [0.25, 0.3) is 0 Å². The molecule has 0 spiro atoms. The quantitative estimate of drug-likeness (QED) is 0.244. The molecule has 190 valence electrons. The van der Waals surface area contributed by atoms with Crippen molar-refractivity contribution in [3.8, 4) is 16.9 Å². The second kappa shape index (κ2) is 9.85. The highest BCUT2D eigenvalue weighted by Crippen LogP contribution is 2.28. The van der Waals surface area contributed by atoms with E-state index in [1.807, 2.05) is 69.4 Å². The van der Waals surface area contributed by atoms with Gasteiger partial charge in [-0.3, -0.25) is 10.1 Å². The molecule has 0 fully saturated rings. The molecule has 3 heterocycles. The summed E-state index contributed by atoms with van der Waals surface area (Å²) in [5.74, 6) is 1.04. The highest BCUT2D eigenvalue weighted by molar-refractivity contribution is 5.92. The third kappa shape index (κ3) is 5.66. The number of aromatic nitrogens is 4. The SMILES string of the molecule is CC(C)(C)OC(=O)NC(COc1cncc(-c2ccc3[nH]nc(N)c3c2)c1)Cc1c[nH]c2ccccc12. The zero-order valence-corrected chi connectivity index (χ0v) is 21.0. The van der Waals surface area contributed by atoms with Crippen LogP contribution in [0.1, 0.15) is 26.3 Å². The van der Waals surface area contributed by atoms with Crippen LogP contribution in [0.4, 0.5) is 10.6 Å². The molecule has 1 unspecified atom stereocenters. The number of carbonyl (C=O) groups excluding carboxylic acids is 1. The highest BCUT2D eigenvalue weighted by atomic mass is 16.6. The number of nitrogen functional groups attached to an aromatic ring is 1. The molecule has 0 aliphatic carbocycles. The third-order valence-electron chi connectivity index (χ3n) is 5.95. The standard InChI is InChI=1S/C28H30N6O3/c1-28(2,3)37-27(35)32-20(10-19-14-31-24-7-5-4-6-22(19)24)16-36-21-11-18(13-30-15-21)17-8-9-25-23(12-17)26(29)34-33-25/h4-9,11-15,20,31H,10,16H2,1-3H3,(H,32,35)(H3,29,33,34). The van der Waals surface area contributed by atoms with Gasteiger partial charge in [-0.15, -0.1) is 0 Å². The number of hydrogen-bond donors (Lipinski definition) is 4. The molecule has 5 N–H and O–H groups in total. The number of carbonyl (C=O) groups is 1. The van der Waals surface area contributed by atoms with E-state index in [0.717, 1.165) is 38.5 Å². The van der Waals surface area contributed by atoms with Crippen LogP contribution in [0.2, 0.25) is 0 Å². The van der Waals surface area contributed by atoms with E-state index >= 15 is 0 Å². The Morgan fingerprint density at radius 3 is 2.73 bits per heavy atom. The molecule has 0 aliphatic rings. The molecule has 0 bridgehead atoms. The Kier molecular flexibility index (Phi) is 6.43. The molecule has 9 heteroatoms. The molecule has 3 aromatic heterocycles. The fourth-order valence-electron chi connectivity index (χ4n) is 4.26. The number of alkyl carbamates (subject to hydrolysis) is 1. The molecular formula is C28H30N6O3. The smallest absolute Gasteiger partial charge is 0.408 e. The molecule has 1 amide bonds. The van der Waals surface area contributed by atoms with Crippen molar-refractivity contribution in [1.29, 1.82) is 0 Å². The summed E-state index contributed by atoms with van der Waals surface area (Å²) in [7, 11) is 0. The summed E-state index contributed by atoms with van der Waals surface area (Å²) in [6.07, 6.45) is 5.47. The number of aromatic amines is 2. The zero-order chi connectivity index (χ0) is 26.0. The number of nitrogens with one attached hydrogen (secondary N) is 3. The lowest BCUT2D eigenvalue weighted by atomic mass is 10.1. The molecule has 0 saturated carbocycles. The summed E-state index contributed by atoms with van der Waals surface area (Å²) in [5.41, 5.74) is 10.2. The summed E-state index contributed by atoms with van der Waals surface area (Å²) in [6, 6.07) is 15.5. The predicted molar refractivity (Wildman–Crippen MR) is 144 cm³/mol. The minimum absolute atomic E-state index is 0.234. The second-order valence-corrected chi connectivity index (χ2v) is 10.00. The number of nitrogens with two attached hydrogens (primary N) is 1. The van der Waals surface area contributed by atoms with Gasteiger partial charge in [0.2, 0.25) is 0 Å². The number of hydrogen-bond acceptors (Lipinski definition) is 6. The Morgan fingerprint density at radius 1 is 1.05 bits per heavy atom. The van der Waals surface area contributed by atoms with Crippen LogP contribution in [0.5, 0.6) is 5.75 Å². The van der Waals surface area contributed by atoms with Crippen molar-refractivity contribution in [3.63, 3.8) is 0 Å². The van der Waals surface area contributed by atoms with E-state index in [1.165, 1.54) is 0 Å². The first-order chi connectivity index (χ1) is 17.7. The van der Waals surface area contributed by atoms with Gasteiger partial charge in [-0.1, -0.05) is 24.3 Å². The van der Waals surface area contributed by atoms with Crippen molar-refractivity contribution in [2.24, 2.45) is 0 Å². The van der Waals surface area contributed by atoms with Gasteiger partial charge in [-0.25, -0.2) is 4.79 Å². The first-order valence-corrected chi connectivity index (χ1v) is 12.1. The number of nitrogens with zero attached hydrogens (tertiary/aromatic N) is 2. The normalized spacial score (nSPS) is 12.5. The van der Waals surface area contributed by atoms with Crippen LogP contribution in [-0.2, 0) is 11.2 Å². The average molecular weight is 499 g/mol. The van der Waals surface area contributed by atoms with Gasteiger partial charge in [-0.2, -0.15) is 5.10 Å². The van der Waals surface area contributed by atoms with E-state index in [9.17, 15) is 4.79 Å². The van der Waals surface area contributed by atoms with Crippen molar-refractivity contribution in [2.45, 2.75) is 38.8 Å². The van der Waals surface area contributed by atoms with Crippen LogP contribution in [-0.4, -0.2) is 44.5 Å². The largest absolute Gasteiger partial charge is 0.490 e. The predicted octanol–water partition coefficient (Wildman–Crippen LogP) is 5.20. The molecule has 5 rings (SSSR count). The van der Waals surface area contributed by atoms with Gasteiger partial charge in [0, 0.05) is 34.2 Å². The molecule has 2 aromatic carbocycles. The molecular weight excluding hydrogens is 468 g/mol. The van der Waals surface area contributed by atoms with Gasteiger partial charge in [0.15, 0.2) is 5.82 Å². The zero-order valence-electron chi connectivity index (χ0n) is 21.0. The topological polar surface area (TPSA) is 131 Å². The number of pyridine rings is 1. The van der Waals surface area contributed by atoms with Crippen molar-refractivity contribution in [1.82, 2.24) is 25.5 Å². The maximum atomic E-state index is 12.6. The lowest BCUT2D eigenvalue weighted by Gasteiger charge is -2.24. The van der Waals surface area contributed by atoms with E-state index in [2.05, 4.69) is 31.5 Å². The number of fused-ring (bicyclic) bond motifs is 2. The Labute approximate surface area is 214 Å². The number of para-hydroxylation sites is 1. The van der Waals surface area contributed by atoms with Gasteiger partial charge >= 0.3 is 6.09 Å². The van der Waals surface area contributed by atoms with E-state index < -0.39 is 11.7 Å². The first kappa shape index (κ1) is 24.2. The van der Waals surface area contributed by atoms with Crippen LogP contribution in [0, 0.1) is 0 Å². The average Bonchev–Trinajstić information content (AvgIpc) is 3.44. The van der Waals surface area contributed by atoms with E-state index in [1.54, 1.807) is 12.4 Å². The van der Waals surface area contributed by atoms with Crippen LogP contribution < -0.4 is 15.8 Å². The molecule has 0 aliphatic heterocycles. The lowest BCUT2D eigenvalue weighted by Crippen LogP contribution is -2.43. The maximum Gasteiger partial charge on any atom is 0.408 e. The van der Waals surface area contributed by atoms with Crippen molar-refractivity contribution in [3.05, 3.63) is 72.7 Å². The Hall–Kier alpha value is -4.53. The molecule has 9 nitrogen and oxygen atoms in total. The van der Waals surface area contributed by atoms with Crippen LogP contribution in [0.25, 0.3) is 32.9 Å². The number of benzene rings is 2. The molecule has 0 radical (unpaired) electrons. The molecule has 37 heavy (non-hydrogen) atoms. The van der Waals surface area contributed by atoms with E-state index in [-0.39, 0.29) is 12.6 Å². The number of anilines is 1. The molecule has 0 saturated heterocycles. The third-order valence-corrected chi connectivity index (χ3v) is 5.95. The minimum atomic E-state index is -0.603. The summed E-state index contributed by atoms with van der Waals surface area (Å²) < 4.78 is 11.6. The molecule has 1 atom stereocenters. The fraction of sp³-hybridized carbons (Fsp3) is 0.250. The Balaban J connectivity index is 1.34. The first-order valence-electron chi connectivity index (χ1n) is 12.1. The Bertz CT molecular complexity index is 1550. The number of amides is 1. The maximum absolute atomic E-state index is 12.6. The summed E-state index contributed by atoms with van der Waals surface area (Å²) in [4.78, 5) is 20.2. The van der Waals surface area contributed by atoms with Gasteiger partial charge in [-0.05, 0) is 62.6 Å². The summed E-state index contributed by atoms with van der Waals surface area (Å²) >= 11 is 0. The van der Waals surface area contributed by atoms with E-state index in [4.69, 9.17) is 15.2 Å². The Morgan fingerprint density at radius 2 is 1.89 bits per heavy atom. The number of H-pyrrole nitrogens is 2. The fourth-order valence-corrected chi connectivity index (χ4v) is 4.26. The van der Waals surface area contributed by atoms with E-state index in [0.29, 0.717) is 18.0 Å². The van der Waals surface area contributed by atoms with Crippen LogP contribution in [0.3, 0.4) is 0 Å². The second-order valence-electron chi connectivity index (χ2n) is 10.00. The summed E-state index contributed by atoms with van der Waals surface area (Å²) in [6.45, 7) is 5.74. The number of ether oxygens (including phenoxy) is 2. The highest BCUT2D eigenvalue weighted by Gasteiger charge is 2.21. The van der Waals surface area contributed by atoms with Crippen molar-refractivity contribution < 1.29 is 14.3 Å². The van der Waals surface area contributed by atoms with Gasteiger partial charge in [0.1, 0.15) is 18.0 Å². The summed E-state index contributed by atoms with van der Waals surface area (Å²) in [5, 5.41) is 11.9. The number of rotatable bonds is 7.